The van der Waals surface area contributed by atoms with Gasteiger partial charge in [-0.2, -0.15) is 13.2 Å². The third-order valence-corrected chi connectivity index (χ3v) is 1.52. The number of rotatable bonds is 1. The summed E-state index contributed by atoms with van der Waals surface area (Å²) in [6, 6.07) is -0.566. The summed E-state index contributed by atoms with van der Waals surface area (Å²) in [6.07, 6.45) is -4.87. The zero-order valence-corrected chi connectivity index (χ0v) is 5.99. The Morgan fingerprint density at radius 2 is 2.18 bits per heavy atom. The highest BCUT2D eigenvalue weighted by Gasteiger charge is 2.32. The molecule has 1 aliphatic rings. The van der Waals surface area contributed by atoms with Crippen molar-refractivity contribution in [2.24, 2.45) is 0 Å². The monoisotopic (exact) mass is 167 g/mol. The van der Waals surface area contributed by atoms with Crippen LogP contribution in [0.2, 0.25) is 0 Å². The first kappa shape index (κ1) is 8.80. The average molecular weight is 167 g/mol. The first-order valence-electron chi connectivity index (χ1n) is 3.52. The van der Waals surface area contributed by atoms with Crippen molar-refractivity contribution in [1.29, 1.82) is 0 Å². The van der Waals surface area contributed by atoms with Crippen LogP contribution in [0.15, 0.2) is 0 Å². The molecule has 1 atom stereocenters. The highest BCUT2D eigenvalue weighted by molar-refractivity contribution is 4.77. The maximum Gasteiger partial charge on any atom is 0.390 e. The van der Waals surface area contributed by atoms with Crippen LogP contribution in [-0.4, -0.2) is 31.9 Å². The van der Waals surface area contributed by atoms with Crippen molar-refractivity contribution >= 4 is 0 Å². The summed E-state index contributed by atoms with van der Waals surface area (Å²) in [5, 5.41) is 6.70. The molecular formula is C6H10F3N2. The topological polar surface area (TPSA) is 26.1 Å². The smallest absolute Gasteiger partial charge is 0.314 e. The first-order valence-corrected chi connectivity index (χ1v) is 3.52. The maximum absolute atomic E-state index is 11.8. The maximum atomic E-state index is 11.8. The number of hydrogen-bond donors (Lipinski definition) is 1. The predicted octanol–water partition coefficient (Wildman–Crippen LogP) is 0.515. The zero-order chi connectivity index (χ0) is 8.32. The van der Waals surface area contributed by atoms with Gasteiger partial charge in [-0.05, 0) is 0 Å². The van der Waals surface area contributed by atoms with Gasteiger partial charge in [0.25, 0.3) is 0 Å². The Morgan fingerprint density at radius 3 is 2.64 bits per heavy atom. The normalized spacial score (nSPS) is 27.0. The fourth-order valence-corrected chi connectivity index (χ4v) is 1.06. The average Bonchev–Trinajstić information content (AvgIpc) is 1.85. The first-order chi connectivity index (χ1) is 5.08. The van der Waals surface area contributed by atoms with Crippen molar-refractivity contribution in [2.45, 2.75) is 18.6 Å². The molecule has 5 heteroatoms. The molecule has 1 aliphatic heterocycles. The van der Waals surface area contributed by atoms with Crippen molar-refractivity contribution in [3.05, 3.63) is 0 Å². The molecule has 0 aromatic rings. The molecule has 2 nitrogen and oxygen atoms in total. The molecule has 1 saturated heterocycles. The Kier molecular flexibility index (Phi) is 2.72. The van der Waals surface area contributed by atoms with Gasteiger partial charge in [0, 0.05) is 25.7 Å². The summed E-state index contributed by atoms with van der Waals surface area (Å²) in [5.41, 5.74) is 0. The second-order valence-corrected chi connectivity index (χ2v) is 2.58. The van der Waals surface area contributed by atoms with E-state index in [1.807, 2.05) is 0 Å². The van der Waals surface area contributed by atoms with E-state index in [9.17, 15) is 13.2 Å². The fourth-order valence-electron chi connectivity index (χ4n) is 1.06. The predicted molar refractivity (Wildman–Crippen MR) is 34.3 cm³/mol. The van der Waals surface area contributed by atoms with Gasteiger partial charge in [0.1, 0.15) is 0 Å². The number of alkyl halides is 3. The van der Waals surface area contributed by atoms with Crippen LogP contribution in [0.3, 0.4) is 0 Å². The van der Waals surface area contributed by atoms with E-state index >= 15 is 0 Å². The Bertz CT molecular complexity index is 117. The molecule has 0 aromatic carbocycles. The summed E-state index contributed by atoms with van der Waals surface area (Å²) in [6.45, 7) is 1.56. The van der Waals surface area contributed by atoms with Gasteiger partial charge in [0.2, 0.25) is 0 Å². The molecule has 0 spiro atoms. The second-order valence-electron chi connectivity index (χ2n) is 2.58. The molecule has 1 fully saturated rings. The summed E-state index contributed by atoms with van der Waals surface area (Å²) in [7, 11) is 0. The minimum absolute atomic E-state index is 0.361. The Hall–Kier alpha value is -0.290. The molecule has 11 heavy (non-hydrogen) atoms. The number of piperazine rings is 1. The largest absolute Gasteiger partial charge is 0.390 e. The van der Waals surface area contributed by atoms with E-state index in [4.69, 9.17) is 0 Å². The molecular weight excluding hydrogens is 157 g/mol. The summed E-state index contributed by atoms with van der Waals surface area (Å²) < 4.78 is 35.3. The minimum atomic E-state index is -4.08. The lowest BCUT2D eigenvalue weighted by atomic mass is 10.1. The van der Waals surface area contributed by atoms with Crippen LogP contribution < -0.4 is 10.6 Å². The van der Waals surface area contributed by atoms with E-state index in [1.54, 1.807) is 0 Å². The Morgan fingerprint density at radius 1 is 1.45 bits per heavy atom. The lowest BCUT2D eigenvalue weighted by molar-refractivity contribution is -0.140. The molecule has 1 radical (unpaired) electrons. The van der Waals surface area contributed by atoms with Crippen LogP contribution >= 0.6 is 0 Å². The lowest BCUT2D eigenvalue weighted by Gasteiger charge is -2.23. The zero-order valence-electron chi connectivity index (χ0n) is 5.99. The van der Waals surface area contributed by atoms with Crippen LogP contribution in [0.1, 0.15) is 6.42 Å². The molecule has 1 rings (SSSR count). The minimum Gasteiger partial charge on any atom is -0.314 e. The van der Waals surface area contributed by atoms with Crippen LogP contribution in [0.4, 0.5) is 13.2 Å². The summed E-state index contributed by atoms with van der Waals surface area (Å²) in [4.78, 5) is 0. The fraction of sp³-hybridized carbons (Fsp3) is 1.00. The number of halogens is 3. The van der Waals surface area contributed by atoms with Gasteiger partial charge in [-0.3, -0.25) is 0 Å². The van der Waals surface area contributed by atoms with E-state index in [1.165, 1.54) is 0 Å². The molecule has 1 heterocycles. The van der Waals surface area contributed by atoms with E-state index < -0.39 is 18.6 Å². The van der Waals surface area contributed by atoms with Crippen LogP contribution in [0.5, 0.6) is 0 Å². The Balaban J connectivity index is 2.24. The quantitative estimate of drug-likeness (QED) is 0.605. The van der Waals surface area contributed by atoms with Gasteiger partial charge in [-0.15, -0.1) is 0 Å². The van der Waals surface area contributed by atoms with Crippen LogP contribution in [-0.2, 0) is 0 Å². The third kappa shape index (κ3) is 3.57. The summed E-state index contributed by atoms with van der Waals surface area (Å²) >= 11 is 0. The standard InChI is InChI=1S/C6H10F3N2/c7-6(8,9)3-5-4-10-1-2-11-5/h5,10H,1-4H2. The molecule has 0 aliphatic carbocycles. The van der Waals surface area contributed by atoms with Gasteiger partial charge >= 0.3 is 6.18 Å². The molecule has 0 amide bonds. The molecule has 0 saturated carbocycles. The molecule has 1 unspecified atom stereocenters. The molecule has 65 valence electrons. The van der Waals surface area contributed by atoms with E-state index in [0.717, 1.165) is 0 Å². The molecule has 0 bridgehead atoms. The highest BCUT2D eigenvalue weighted by Crippen LogP contribution is 2.21. The van der Waals surface area contributed by atoms with Crippen LogP contribution in [0.25, 0.3) is 0 Å². The van der Waals surface area contributed by atoms with E-state index in [-0.39, 0.29) is 0 Å². The SMILES string of the molecule is FC(F)(F)CC1CNCC[N]1. The summed E-state index contributed by atoms with van der Waals surface area (Å²) in [5.74, 6) is 0. The van der Waals surface area contributed by atoms with Crippen LogP contribution in [0, 0.1) is 0 Å². The number of nitrogens with zero attached hydrogens (tertiary/aromatic N) is 1. The van der Waals surface area contributed by atoms with E-state index in [0.29, 0.717) is 19.6 Å². The van der Waals surface area contributed by atoms with Gasteiger partial charge < -0.3 is 5.32 Å². The molecule has 1 N–H and O–H groups in total. The molecule has 0 aromatic heterocycles. The number of nitrogens with one attached hydrogen (secondary N) is 1. The lowest BCUT2D eigenvalue weighted by Crippen LogP contribution is -2.45. The van der Waals surface area contributed by atoms with Gasteiger partial charge in [0.05, 0.1) is 6.42 Å². The van der Waals surface area contributed by atoms with Gasteiger partial charge in [0.15, 0.2) is 0 Å². The van der Waals surface area contributed by atoms with Gasteiger partial charge in [-0.1, -0.05) is 0 Å². The van der Waals surface area contributed by atoms with E-state index in [2.05, 4.69) is 10.6 Å². The number of hydrogen-bond acceptors (Lipinski definition) is 1. The van der Waals surface area contributed by atoms with Gasteiger partial charge in [-0.25, -0.2) is 5.32 Å². The van der Waals surface area contributed by atoms with Crippen molar-refractivity contribution in [2.75, 3.05) is 19.6 Å². The second kappa shape index (κ2) is 3.40. The van der Waals surface area contributed by atoms with Crippen molar-refractivity contribution in [1.82, 2.24) is 10.6 Å². The van der Waals surface area contributed by atoms with Crippen molar-refractivity contribution < 1.29 is 13.2 Å². The van der Waals surface area contributed by atoms with Crippen molar-refractivity contribution in [3.63, 3.8) is 0 Å². The third-order valence-electron chi connectivity index (χ3n) is 1.52. The van der Waals surface area contributed by atoms with Crippen molar-refractivity contribution in [3.8, 4) is 0 Å². The Labute approximate surface area is 63.2 Å². The highest BCUT2D eigenvalue weighted by atomic mass is 19.4.